The number of ether oxygens (including phenoxy) is 6. The molecule has 414 valence electrons. The smallest absolute Gasteiger partial charge is 0.329 e. The summed E-state index contributed by atoms with van der Waals surface area (Å²) in [7, 11) is 2.60. The van der Waals surface area contributed by atoms with Crippen molar-refractivity contribution in [2.75, 3.05) is 54.9 Å². The summed E-state index contributed by atoms with van der Waals surface area (Å²) in [6.45, 7) is 14.5. The molecule has 3 fully saturated rings. The largest absolute Gasteiger partial charge is 0.460 e. The maximum absolute atomic E-state index is 14.6. The highest BCUT2D eigenvalue weighted by Crippen LogP contribution is 2.48. The Bertz CT molecular complexity index is 2020. The third kappa shape index (κ3) is 17.7. The molecule has 1 saturated carbocycles. The van der Waals surface area contributed by atoms with E-state index in [1.807, 2.05) is 58.1 Å². The van der Waals surface area contributed by atoms with Crippen LogP contribution in [0.3, 0.4) is 0 Å². The van der Waals surface area contributed by atoms with Crippen molar-refractivity contribution < 1.29 is 76.2 Å². The predicted molar refractivity (Wildman–Crippen MR) is 275 cm³/mol. The minimum atomic E-state index is -3.43. The Morgan fingerprint density at radius 3 is 2.25 bits per heavy atom. The summed E-state index contributed by atoms with van der Waals surface area (Å²) in [5.74, 6) is -8.35. The zero-order chi connectivity index (χ0) is 54.2. The molecule has 0 aromatic rings. The van der Waals surface area contributed by atoms with E-state index in [4.69, 9.17) is 37.5 Å². The number of esters is 1. The number of piperidine rings is 1. The van der Waals surface area contributed by atoms with Crippen LogP contribution in [0.2, 0.25) is 0 Å². The Labute approximate surface area is 434 Å². The van der Waals surface area contributed by atoms with Crippen LogP contribution in [0.1, 0.15) is 126 Å². The molecular weight excluding hydrogens is 962 g/mol. The molecule has 2 bridgehead atoms. The molecular formula is C55H88NO16P. The summed E-state index contributed by atoms with van der Waals surface area (Å²) in [5, 5.41) is 23.5. The van der Waals surface area contributed by atoms with Gasteiger partial charge in [0.2, 0.25) is 5.79 Å². The van der Waals surface area contributed by atoms with Gasteiger partial charge in [-0.25, -0.2) is 4.79 Å². The number of fused-ring (bicyclic) bond motifs is 3. The first-order valence-corrected chi connectivity index (χ1v) is 28.4. The molecule has 73 heavy (non-hydrogen) atoms. The van der Waals surface area contributed by atoms with Crippen LogP contribution in [-0.2, 0) is 66.0 Å². The molecule has 0 spiro atoms. The fourth-order valence-corrected chi connectivity index (χ4v) is 12.0. The van der Waals surface area contributed by atoms with Gasteiger partial charge in [0.15, 0.2) is 5.78 Å². The number of carbonyl (C=O) groups is 5. The van der Waals surface area contributed by atoms with Gasteiger partial charge in [0.05, 0.1) is 37.6 Å². The van der Waals surface area contributed by atoms with Crippen LogP contribution in [0.4, 0.5) is 0 Å². The molecule has 3 aliphatic heterocycles. The summed E-state index contributed by atoms with van der Waals surface area (Å²) in [4.78, 5) is 72.5. The van der Waals surface area contributed by atoms with E-state index in [0.717, 1.165) is 5.57 Å². The molecule has 0 aromatic heterocycles. The normalized spacial score (nSPS) is 38.2. The lowest BCUT2D eigenvalue weighted by atomic mass is 9.78. The van der Waals surface area contributed by atoms with Crippen LogP contribution < -0.4 is 0 Å². The second kappa shape index (κ2) is 29.3. The van der Waals surface area contributed by atoms with Gasteiger partial charge in [0.1, 0.15) is 30.1 Å². The summed E-state index contributed by atoms with van der Waals surface area (Å²) in [5.41, 5.74) is 1.24. The van der Waals surface area contributed by atoms with E-state index >= 15 is 0 Å². The van der Waals surface area contributed by atoms with Crippen LogP contribution in [0, 0.1) is 35.5 Å². The van der Waals surface area contributed by atoms with Crippen LogP contribution in [0.15, 0.2) is 47.6 Å². The fraction of sp³-hybridized carbons (Fsp3) is 0.764. The van der Waals surface area contributed by atoms with Gasteiger partial charge >= 0.3 is 13.6 Å². The van der Waals surface area contributed by atoms with Crippen molar-refractivity contribution in [1.29, 1.82) is 0 Å². The van der Waals surface area contributed by atoms with Gasteiger partial charge in [-0.15, -0.1) is 0 Å². The van der Waals surface area contributed by atoms with Gasteiger partial charge < -0.3 is 52.6 Å². The molecule has 4 rings (SSSR count). The fourth-order valence-electron chi connectivity index (χ4n) is 10.8. The van der Waals surface area contributed by atoms with Gasteiger partial charge in [-0.2, -0.15) is 0 Å². The highest BCUT2D eigenvalue weighted by atomic mass is 31.2. The minimum Gasteiger partial charge on any atom is -0.460 e. The molecule has 3 heterocycles. The van der Waals surface area contributed by atoms with Gasteiger partial charge in [-0.3, -0.25) is 23.7 Å². The maximum Gasteiger partial charge on any atom is 0.329 e. The number of nitrogens with zero attached hydrogens (tertiary/aromatic N) is 1. The second-order valence-electron chi connectivity index (χ2n) is 21.3. The monoisotopic (exact) mass is 1050 g/mol. The molecule has 2 unspecified atom stereocenters. The Hall–Kier alpha value is -3.22. The first-order chi connectivity index (χ1) is 34.5. The molecule has 0 aromatic carbocycles. The van der Waals surface area contributed by atoms with Crippen molar-refractivity contribution in [2.45, 2.75) is 180 Å². The van der Waals surface area contributed by atoms with Gasteiger partial charge in [0.25, 0.3) is 11.7 Å². The van der Waals surface area contributed by atoms with E-state index in [0.29, 0.717) is 69.8 Å². The number of Topliss-reactive ketones (excluding diaryl/α,β-unsaturated/α-hetero) is 3. The van der Waals surface area contributed by atoms with Gasteiger partial charge in [-0.1, -0.05) is 71.1 Å². The molecule has 0 radical (unpaired) electrons. The third-order valence-corrected chi connectivity index (χ3v) is 16.7. The topological polar surface area (TPSA) is 220 Å². The van der Waals surface area contributed by atoms with Crippen LogP contribution in [0.5, 0.6) is 0 Å². The molecule has 4 aliphatic rings. The SMILES string of the molecule is COCCOP(C)(=O)O[C@@H]1CC[C@@H](C[C@@H](C)[C@@H]2CC(=O)[C@H](C)/C=C(\C)[C@@H](O)[C@@H](OC)C(=O)[C@H](C)C[C@H](C)/C=C/C=C/C=C(\C)[C@@H](OC)C[C@@H]3CC[C@@H](C)[C@@](O)(O3)C(=O)C(=O)N3CCCCC3C(=O)O2)C[C@H]1OC. The molecule has 17 nitrogen and oxygen atoms in total. The number of amides is 1. The number of rotatable bonds is 12. The summed E-state index contributed by atoms with van der Waals surface area (Å²) >= 11 is 0. The zero-order valence-electron chi connectivity index (χ0n) is 45.7. The van der Waals surface area contributed by atoms with E-state index in [1.54, 1.807) is 41.1 Å². The molecule has 1 amide bonds. The van der Waals surface area contributed by atoms with Crippen molar-refractivity contribution in [3.05, 3.63) is 47.6 Å². The number of cyclic esters (lactones) is 1. The minimum absolute atomic E-state index is 0.00279. The summed E-state index contributed by atoms with van der Waals surface area (Å²) in [6.07, 6.45) is 10.6. The van der Waals surface area contributed by atoms with Crippen LogP contribution in [0.25, 0.3) is 0 Å². The number of ketones is 3. The number of aliphatic hydroxyl groups is 2. The predicted octanol–water partition coefficient (Wildman–Crippen LogP) is 7.69. The zero-order valence-corrected chi connectivity index (χ0v) is 46.6. The van der Waals surface area contributed by atoms with Crippen LogP contribution in [-0.4, -0.2) is 154 Å². The van der Waals surface area contributed by atoms with Crippen molar-refractivity contribution in [3.63, 3.8) is 0 Å². The summed E-state index contributed by atoms with van der Waals surface area (Å²) in [6, 6.07) is -1.18. The average molecular weight is 1050 g/mol. The van der Waals surface area contributed by atoms with E-state index in [1.165, 1.54) is 25.8 Å². The number of carbonyl (C=O) groups excluding carboxylic acids is 5. The lowest BCUT2D eigenvalue weighted by Crippen LogP contribution is -2.61. The highest BCUT2D eigenvalue weighted by Gasteiger charge is 2.53. The standard InChI is InChI=1S/C55H88NO16P/c1-34-18-14-13-15-19-35(2)46(66-9)32-42-23-21-40(7)55(63,71-42)52(60)53(61)56-25-17-16-20-43(56)54(62)70-47(33-44(57)36(3)29-39(6)50(59)51(68-11)49(58)38(5)28-34)37(4)30-41-22-24-45(48(31-41)67-10)72-73(12,64)69-27-26-65-8/h13-15,18-19,29,34,36-38,40-43,45-48,50-51,59,63H,16-17,20-28,30-33H2,1-12H3/b15-13+,18-14+,35-19+,39-29+/t34-,36-,37-,38-,40-,41+,42+,43?,45-,46+,47+,48-,50-,51+,55-,73?/m1/s1. The quantitative estimate of drug-likeness (QED) is 0.0629. The first kappa shape index (κ1) is 62.3. The maximum atomic E-state index is 14.6. The first-order valence-electron chi connectivity index (χ1n) is 26.4. The molecule has 1 aliphatic carbocycles. The Kier molecular flexibility index (Phi) is 25.0. The third-order valence-electron chi connectivity index (χ3n) is 15.4. The number of hydrogen-bond acceptors (Lipinski definition) is 16. The lowest BCUT2D eigenvalue weighted by Gasteiger charge is -2.42. The van der Waals surface area contributed by atoms with Gasteiger partial charge in [-0.05, 0) is 107 Å². The number of allylic oxidation sites excluding steroid dienone is 6. The molecule has 2 N–H and O–H groups in total. The van der Waals surface area contributed by atoms with Crippen molar-refractivity contribution >= 4 is 36.8 Å². The van der Waals surface area contributed by atoms with E-state index in [-0.39, 0.29) is 56.0 Å². The Morgan fingerprint density at radius 1 is 0.849 bits per heavy atom. The summed E-state index contributed by atoms with van der Waals surface area (Å²) < 4.78 is 59.5. The number of hydrogen-bond donors (Lipinski definition) is 2. The van der Waals surface area contributed by atoms with Crippen molar-refractivity contribution in [3.8, 4) is 0 Å². The second-order valence-corrected chi connectivity index (χ2v) is 23.3. The molecule has 2 saturated heterocycles. The van der Waals surface area contributed by atoms with Crippen LogP contribution >= 0.6 is 7.60 Å². The Morgan fingerprint density at radius 2 is 1.58 bits per heavy atom. The lowest BCUT2D eigenvalue weighted by molar-refractivity contribution is -0.265. The average Bonchev–Trinajstić information content (AvgIpc) is 3.35. The van der Waals surface area contributed by atoms with E-state index in [9.17, 15) is 38.8 Å². The van der Waals surface area contributed by atoms with Gasteiger partial charge in [0, 0.05) is 72.2 Å². The number of aliphatic hydroxyl groups excluding tert-OH is 1. The van der Waals surface area contributed by atoms with Crippen molar-refractivity contribution in [1.82, 2.24) is 4.90 Å². The van der Waals surface area contributed by atoms with E-state index < -0.39 is 103 Å². The van der Waals surface area contributed by atoms with Crippen molar-refractivity contribution in [2.24, 2.45) is 35.5 Å². The number of methoxy groups -OCH3 is 4. The Balaban J connectivity index is 1.68. The van der Waals surface area contributed by atoms with E-state index in [2.05, 4.69) is 0 Å². The molecule has 16 atom stereocenters. The highest BCUT2D eigenvalue weighted by molar-refractivity contribution is 7.53. The molecule has 18 heteroatoms.